The Hall–Kier alpha value is -1.80. The van der Waals surface area contributed by atoms with Gasteiger partial charge in [0.15, 0.2) is 0 Å². The highest BCUT2D eigenvalue weighted by atomic mass is 35.5. The van der Waals surface area contributed by atoms with Crippen LogP contribution in [0.5, 0.6) is 0 Å². The van der Waals surface area contributed by atoms with E-state index in [4.69, 9.17) is 11.6 Å². The van der Waals surface area contributed by atoms with Gasteiger partial charge in [0.05, 0.1) is 0 Å². The molecule has 22 heavy (non-hydrogen) atoms. The molecule has 0 N–H and O–H groups in total. The van der Waals surface area contributed by atoms with Gasteiger partial charge in [-0.15, -0.1) is 0 Å². The first-order chi connectivity index (χ1) is 10.7. The van der Waals surface area contributed by atoms with Crippen LogP contribution in [0.3, 0.4) is 0 Å². The van der Waals surface area contributed by atoms with Crippen molar-refractivity contribution in [2.45, 2.75) is 25.7 Å². The Bertz CT molecular complexity index is 683. The summed E-state index contributed by atoms with van der Waals surface area (Å²) in [6, 6.07) is 15.9. The van der Waals surface area contributed by atoms with Crippen LogP contribution < -0.4 is 0 Å². The Labute approximate surface area is 136 Å². The number of nitrogens with zero attached hydrogens (tertiary/aromatic N) is 1. The first-order valence-corrected chi connectivity index (χ1v) is 8.19. The highest BCUT2D eigenvalue weighted by molar-refractivity contribution is 6.30. The lowest BCUT2D eigenvalue weighted by Crippen LogP contribution is -2.29. The number of halogens is 1. The van der Waals surface area contributed by atoms with Crippen molar-refractivity contribution in [3.63, 3.8) is 0 Å². The summed E-state index contributed by atoms with van der Waals surface area (Å²) in [5.41, 5.74) is 3.20. The van der Waals surface area contributed by atoms with Crippen molar-refractivity contribution >= 4 is 17.5 Å². The van der Waals surface area contributed by atoms with Crippen LogP contribution in [0, 0.1) is 0 Å². The summed E-state index contributed by atoms with van der Waals surface area (Å²) in [4.78, 5) is 14.7. The van der Waals surface area contributed by atoms with E-state index in [1.54, 1.807) is 0 Å². The van der Waals surface area contributed by atoms with E-state index in [1.807, 2.05) is 47.4 Å². The van der Waals surface area contributed by atoms with E-state index in [9.17, 15) is 4.79 Å². The van der Waals surface area contributed by atoms with Gasteiger partial charge in [0.25, 0.3) is 5.91 Å². The first kappa shape index (κ1) is 15.1. The molecule has 1 saturated heterocycles. The van der Waals surface area contributed by atoms with Crippen LogP contribution in [0.25, 0.3) is 0 Å². The van der Waals surface area contributed by atoms with E-state index < -0.39 is 0 Å². The Kier molecular flexibility index (Phi) is 4.49. The number of rotatable bonds is 3. The summed E-state index contributed by atoms with van der Waals surface area (Å²) in [5, 5.41) is 0.763. The van der Waals surface area contributed by atoms with E-state index in [2.05, 4.69) is 13.0 Å². The Morgan fingerprint density at radius 2 is 2.05 bits per heavy atom. The number of carbonyl (C=O) groups excluding carboxylic acids is 1. The van der Waals surface area contributed by atoms with Crippen LogP contribution in [0.4, 0.5) is 0 Å². The summed E-state index contributed by atoms with van der Waals surface area (Å²) >= 11 is 6.08. The normalized spacial score (nSPS) is 17.7. The molecule has 0 radical (unpaired) electrons. The number of benzene rings is 2. The third-order valence-electron chi connectivity index (χ3n) is 4.42. The van der Waals surface area contributed by atoms with Crippen LogP contribution in [-0.2, 0) is 6.42 Å². The van der Waals surface area contributed by atoms with Crippen molar-refractivity contribution in [3.8, 4) is 0 Å². The zero-order chi connectivity index (χ0) is 15.5. The van der Waals surface area contributed by atoms with Gasteiger partial charge in [-0.3, -0.25) is 4.79 Å². The fraction of sp³-hybridized carbons (Fsp3) is 0.316. The largest absolute Gasteiger partial charge is 0.338 e. The molecule has 2 nitrogen and oxygen atoms in total. The van der Waals surface area contributed by atoms with Crippen molar-refractivity contribution in [2.24, 2.45) is 0 Å². The van der Waals surface area contributed by atoms with Crippen molar-refractivity contribution in [2.75, 3.05) is 13.1 Å². The standard InChI is InChI=1S/C19H20ClNO/c1-2-14-6-3-4-9-18(14)19(22)21-11-10-16(13-21)15-7-5-8-17(20)12-15/h3-9,12,16H,2,10-11,13H2,1H3. The van der Waals surface area contributed by atoms with E-state index >= 15 is 0 Å². The fourth-order valence-corrected chi connectivity index (χ4v) is 3.38. The first-order valence-electron chi connectivity index (χ1n) is 7.81. The number of carbonyl (C=O) groups is 1. The topological polar surface area (TPSA) is 20.3 Å². The van der Waals surface area contributed by atoms with Crippen molar-refractivity contribution in [3.05, 3.63) is 70.2 Å². The summed E-state index contributed by atoms with van der Waals surface area (Å²) < 4.78 is 0. The second-order valence-corrected chi connectivity index (χ2v) is 6.24. The smallest absolute Gasteiger partial charge is 0.254 e. The molecule has 1 heterocycles. The molecule has 1 amide bonds. The quantitative estimate of drug-likeness (QED) is 0.815. The maximum Gasteiger partial charge on any atom is 0.254 e. The average Bonchev–Trinajstić information content (AvgIpc) is 3.04. The molecule has 3 rings (SSSR count). The monoisotopic (exact) mass is 313 g/mol. The minimum atomic E-state index is 0.155. The summed E-state index contributed by atoms with van der Waals surface area (Å²) in [7, 11) is 0. The maximum atomic E-state index is 12.8. The molecule has 0 saturated carbocycles. The second kappa shape index (κ2) is 6.53. The Morgan fingerprint density at radius 1 is 1.23 bits per heavy atom. The van der Waals surface area contributed by atoms with E-state index in [-0.39, 0.29) is 5.91 Å². The summed E-state index contributed by atoms with van der Waals surface area (Å²) in [5.74, 6) is 0.540. The molecule has 2 aromatic carbocycles. The minimum Gasteiger partial charge on any atom is -0.338 e. The van der Waals surface area contributed by atoms with Gasteiger partial charge in [-0.1, -0.05) is 48.9 Å². The highest BCUT2D eigenvalue weighted by Gasteiger charge is 2.28. The lowest BCUT2D eigenvalue weighted by molar-refractivity contribution is 0.0789. The van der Waals surface area contributed by atoms with E-state index in [0.29, 0.717) is 5.92 Å². The molecular formula is C19H20ClNO. The molecular weight excluding hydrogens is 294 g/mol. The number of amides is 1. The van der Waals surface area contributed by atoms with Gasteiger partial charge in [-0.05, 0) is 42.2 Å². The van der Waals surface area contributed by atoms with Gasteiger partial charge >= 0.3 is 0 Å². The molecule has 114 valence electrons. The van der Waals surface area contributed by atoms with Crippen LogP contribution in [0.15, 0.2) is 48.5 Å². The predicted octanol–water partition coefficient (Wildman–Crippen LogP) is 4.53. The predicted molar refractivity (Wildman–Crippen MR) is 90.5 cm³/mol. The van der Waals surface area contributed by atoms with E-state index in [1.165, 1.54) is 5.56 Å². The Morgan fingerprint density at radius 3 is 2.82 bits per heavy atom. The average molecular weight is 314 g/mol. The van der Waals surface area contributed by atoms with Gasteiger partial charge in [-0.2, -0.15) is 0 Å². The zero-order valence-electron chi connectivity index (χ0n) is 12.8. The third kappa shape index (κ3) is 3.02. The second-order valence-electron chi connectivity index (χ2n) is 5.80. The summed E-state index contributed by atoms with van der Waals surface area (Å²) in [6.45, 7) is 3.68. The molecule has 0 aromatic heterocycles. The van der Waals surface area contributed by atoms with Gasteiger partial charge < -0.3 is 4.90 Å². The van der Waals surface area contributed by atoms with E-state index in [0.717, 1.165) is 42.1 Å². The van der Waals surface area contributed by atoms with Crippen LogP contribution in [-0.4, -0.2) is 23.9 Å². The lowest BCUT2D eigenvalue weighted by atomic mass is 9.98. The lowest BCUT2D eigenvalue weighted by Gasteiger charge is -2.18. The molecule has 1 fully saturated rings. The molecule has 0 bridgehead atoms. The molecule has 1 unspecified atom stereocenters. The number of aryl methyl sites for hydroxylation is 1. The minimum absolute atomic E-state index is 0.155. The van der Waals surface area contributed by atoms with Gasteiger partial charge in [0.1, 0.15) is 0 Å². The Balaban J connectivity index is 1.76. The number of hydrogen-bond acceptors (Lipinski definition) is 1. The fourth-order valence-electron chi connectivity index (χ4n) is 3.18. The van der Waals surface area contributed by atoms with Crippen LogP contribution >= 0.6 is 11.6 Å². The number of likely N-dealkylation sites (tertiary alicyclic amines) is 1. The molecule has 2 aromatic rings. The summed E-state index contributed by atoms with van der Waals surface area (Å²) in [6.07, 6.45) is 1.88. The zero-order valence-corrected chi connectivity index (χ0v) is 13.5. The van der Waals surface area contributed by atoms with Crippen molar-refractivity contribution in [1.29, 1.82) is 0 Å². The molecule has 0 aliphatic carbocycles. The number of hydrogen-bond donors (Lipinski definition) is 0. The third-order valence-corrected chi connectivity index (χ3v) is 4.66. The van der Waals surface area contributed by atoms with Crippen molar-refractivity contribution in [1.82, 2.24) is 4.90 Å². The SMILES string of the molecule is CCc1ccccc1C(=O)N1CCC(c2cccc(Cl)c2)C1. The molecule has 1 atom stereocenters. The molecule has 1 aliphatic heterocycles. The highest BCUT2D eigenvalue weighted by Crippen LogP contribution is 2.30. The van der Waals surface area contributed by atoms with Gasteiger partial charge in [0, 0.05) is 29.6 Å². The van der Waals surface area contributed by atoms with Gasteiger partial charge in [0.2, 0.25) is 0 Å². The van der Waals surface area contributed by atoms with Crippen LogP contribution in [0.2, 0.25) is 5.02 Å². The van der Waals surface area contributed by atoms with Crippen LogP contribution in [0.1, 0.15) is 40.7 Å². The van der Waals surface area contributed by atoms with Crippen molar-refractivity contribution < 1.29 is 4.79 Å². The van der Waals surface area contributed by atoms with Gasteiger partial charge in [-0.25, -0.2) is 0 Å². The molecule has 3 heteroatoms. The molecule has 1 aliphatic rings. The maximum absolute atomic E-state index is 12.8. The molecule has 0 spiro atoms.